The van der Waals surface area contributed by atoms with Gasteiger partial charge in [0.15, 0.2) is 9.84 Å². The van der Waals surface area contributed by atoms with Crippen molar-refractivity contribution >= 4 is 44.0 Å². The van der Waals surface area contributed by atoms with Gasteiger partial charge in [-0.1, -0.05) is 35.9 Å². The van der Waals surface area contributed by atoms with Crippen LogP contribution in [-0.4, -0.2) is 22.0 Å². The molecule has 0 saturated carbocycles. The SMILES string of the molecule is Cc1ccccc1[C@H](O)[C@@](Cl)(I)S(C)(=O)=O. The molecule has 3 nitrogen and oxygen atoms in total. The zero-order valence-electron chi connectivity index (χ0n) is 8.81. The number of aryl methyl sites for hydroxylation is 1. The van der Waals surface area contributed by atoms with E-state index in [1.807, 2.05) is 6.07 Å². The standard InChI is InChI=1S/C10H12ClIO3S/c1-7-5-3-4-6-8(7)9(13)10(11,12)16(2,14)15/h3-6,9,13H,1-2H3/t9-,10+/m0/s1. The molecule has 0 aromatic heterocycles. The van der Waals surface area contributed by atoms with E-state index in [4.69, 9.17) is 11.6 Å². The molecule has 90 valence electrons. The Bertz CT molecular complexity index is 485. The van der Waals surface area contributed by atoms with Crippen molar-refractivity contribution in [2.75, 3.05) is 6.26 Å². The Kier molecular flexibility index (Phi) is 4.26. The zero-order valence-corrected chi connectivity index (χ0v) is 12.5. The maximum absolute atomic E-state index is 11.5. The summed E-state index contributed by atoms with van der Waals surface area (Å²) in [5, 5.41) is 10.0. The molecular formula is C10H12ClIO3S. The Morgan fingerprint density at radius 3 is 2.38 bits per heavy atom. The van der Waals surface area contributed by atoms with Gasteiger partial charge in [0.25, 0.3) is 0 Å². The van der Waals surface area contributed by atoms with Crippen molar-refractivity contribution in [3.05, 3.63) is 35.4 Å². The van der Waals surface area contributed by atoms with E-state index in [1.165, 1.54) is 0 Å². The fraction of sp³-hybridized carbons (Fsp3) is 0.400. The van der Waals surface area contributed by atoms with E-state index in [0.717, 1.165) is 11.8 Å². The number of rotatable bonds is 3. The first kappa shape index (κ1) is 14.2. The maximum Gasteiger partial charge on any atom is 0.224 e. The predicted molar refractivity (Wildman–Crippen MR) is 73.6 cm³/mol. The van der Waals surface area contributed by atoms with Crippen molar-refractivity contribution in [3.8, 4) is 0 Å². The Morgan fingerprint density at radius 1 is 1.44 bits per heavy atom. The molecule has 0 aliphatic heterocycles. The lowest BCUT2D eigenvalue weighted by atomic mass is 10.0. The highest BCUT2D eigenvalue weighted by Gasteiger charge is 2.44. The second kappa shape index (κ2) is 4.80. The van der Waals surface area contributed by atoms with Crippen LogP contribution in [0.3, 0.4) is 0 Å². The highest BCUT2D eigenvalue weighted by Crippen LogP contribution is 2.43. The quantitative estimate of drug-likeness (QED) is 0.653. The average molecular weight is 375 g/mol. The summed E-state index contributed by atoms with van der Waals surface area (Å²) in [6, 6.07) is 7.01. The minimum atomic E-state index is -3.56. The van der Waals surface area contributed by atoms with Crippen molar-refractivity contribution in [2.24, 2.45) is 0 Å². The van der Waals surface area contributed by atoms with Gasteiger partial charge in [-0.05, 0) is 40.6 Å². The molecule has 1 N–H and O–H groups in total. The molecular weight excluding hydrogens is 363 g/mol. The number of benzene rings is 1. The molecule has 2 atom stereocenters. The maximum atomic E-state index is 11.5. The average Bonchev–Trinajstić information content (AvgIpc) is 2.15. The lowest BCUT2D eigenvalue weighted by Gasteiger charge is -2.25. The van der Waals surface area contributed by atoms with Crippen molar-refractivity contribution in [1.82, 2.24) is 0 Å². The summed E-state index contributed by atoms with van der Waals surface area (Å²) >= 11 is 7.47. The van der Waals surface area contributed by atoms with Gasteiger partial charge in [-0.25, -0.2) is 8.42 Å². The summed E-state index contributed by atoms with van der Waals surface area (Å²) in [6.45, 7) is 1.80. The van der Waals surface area contributed by atoms with Crippen LogP contribution in [0.4, 0.5) is 0 Å². The van der Waals surface area contributed by atoms with Gasteiger partial charge < -0.3 is 5.11 Å². The summed E-state index contributed by atoms with van der Waals surface area (Å²) < 4.78 is 21.2. The van der Waals surface area contributed by atoms with E-state index in [9.17, 15) is 13.5 Å². The van der Waals surface area contributed by atoms with Crippen LogP contribution in [-0.2, 0) is 9.84 Å². The molecule has 1 rings (SSSR count). The van der Waals surface area contributed by atoms with E-state index >= 15 is 0 Å². The first-order chi connectivity index (χ1) is 7.18. The van der Waals surface area contributed by atoms with E-state index in [2.05, 4.69) is 0 Å². The lowest BCUT2D eigenvalue weighted by molar-refractivity contribution is 0.187. The van der Waals surface area contributed by atoms with Crippen LogP contribution in [0, 0.1) is 6.92 Å². The van der Waals surface area contributed by atoms with Crippen LogP contribution in [0.15, 0.2) is 24.3 Å². The first-order valence-electron chi connectivity index (χ1n) is 4.49. The summed E-state index contributed by atoms with van der Waals surface area (Å²) in [6.07, 6.45) is -0.250. The molecule has 16 heavy (non-hydrogen) atoms. The van der Waals surface area contributed by atoms with Gasteiger partial charge >= 0.3 is 0 Å². The second-order valence-corrected chi connectivity index (χ2v) is 9.67. The summed E-state index contributed by atoms with van der Waals surface area (Å²) in [5.41, 5.74) is 1.33. The van der Waals surface area contributed by atoms with Crippen LogP contribution in [0.5, 0.6) is 0 Å². The molecule has 0 fully saturated rings. The Labute approximate surface area is 114 Å². The number of hydrogen-bond donors (Lipinski definition) is 1. The summed E-state index contributed by atoms with van der Waals surface area (Å²) in [5.74, 6) is 0. The zero-order chi connectivity index (χ0) is 12.6. The van der Waals surface area contributed by atoms with Gasteiger partial charge in [0.05, 0.1) is 0 Å². The number of halogens is 2. The Balaban J connectivity index is 3.23. The van der Waals surface area contributed by atoms with Crippen LogP contribution < -0.4 is 0 Å². The minimum absolute atomic E-state index is 0.525. The highest BCUT2D eigenvalue weighted by atomic mass is 127. The van der Waals surface area contributed by atoms with Crippen molar-refractivity contribution in [2.45, 2.75) is 15.2 Å². The van der Waals surface area contributed by atoms with Crippen LogP contribution in [0.1, 0.15) is 17.2 Å². The van der Waals surface area contributed by atoms with Crippen LogP contribution in [0.25, 0.3) is 0 Å². The van der Waals surface area contributed by atoms with Crippen LogP contribution in [0.2, 0.25) is 0 Å². The molecule has 1 aromatic carbocycles. The monoisotopic (exact) mass is 374 g/mol. The highest BCUT2D eigenvalue weighted by molar-refractivity contribution is 14.1. The summed E-state index contributed by atoms with van der Waals surface area (Å²) in [7, 11) is -3.56. The fourth-order valence-corrected chi connectivity index (χ4v) is 2.26. The van der Waals surface area contributed by atoms with Gasteiger partial charge in [0.2, 0.25) is 2.21 Å². The van der Waals surface area contributed by atoms with Crippen molar-refractivity contribution < 1.29 is 13.5 Å². The molecule has 0 amide bonds. The minimum Gasteiger partial charge on any atom is -0.385 e. The van der Waals surface area contributed by atoms with E-state index in [1.54, 1.807) is 47.7 Å². The molecule has 6 heteroatoms. The molecule has 0 spiro atoms. The third kappa shape index (κ3) is 2.69. The van der Waals surface area contributed by atoms with E-state index in [0.29, 0.717) is 5.56 Å². The van der Waals surface area contributed by atoms with Gasteiger partial charge in [-0.2, -0.15) is 0 Å². The van der Waals surface area contributed by atoms with Crippen LogP contribution >= 0.6 is 34.2 Å². The predicted octanol–water partition coefficient (Wildman–Crippen LogP) is 2.40. The van der Waals surface area contributed by atoms with Gasteiger partial charge in [0.1, 0.15) is 6.10 Å². The first-order valence-corrected chi connectivity index (χ1v) is 7.83. The number of hydrogen-bond acceptors (Lipinski definition) is 3. The molecule has 0 unspecified atom stereocenters. The molecule has 0 bridgehead atoms. The smallest absolute Gasteiger partial charge is 0.224 e. The molecule has 0 radical (unpaired) electrons. The van der Waals surface area contributed by atoms with E-state index in [-0.39, 0.29) is 0 Å². The topological polar surface area (TPSA) is 54.4 Å². The number of aliphatic hydroxyl groups is 1. The molecule has 0 aliphatic carbocycles. The third-order valence-corrected chi connectivity index (χ3v) is 7.55. The Hall–Kier alpha value is 0.150. The third-order valence-electron chi connectivity index (χ3n) is 2.30. The second-order valence-electron chi connectivity index (χ2n) is 3.59. The normalized spacial score (nSPS) is 17.8. The van der Waals surface area contributed by atoms with Gasteiger partial charge in [0, 0.05) is 6.26 Å². The Morgan fingerprint density at radius 2 is 1.94 bits per heavy atom. The number of sulfone groups is 1. The molecule has 0 heterocycles. The molecule has 0 aliphatic rings. The molecule has 0 saturated heterocycles. The van der Waals surface area contributed by atoms with Crippen molar-refractivity contribution in [1.29, 1.82) is 0 Å². The van der Waals surface area contributed by atoms with Gasteiger partial charge in [-0.3, -0.25) is 0 Å². The summed E-state index contributed by atoms with van der Waals surface area (Å²) in [4.78, 5) is 0. The largest absolute Gasteiger partial charge is 0.385 e. The number of alkyl halides is 2. The lowest BCUT2D eigenvalue weighted by Crippen LogP contribution is -2.32. The van der Waals surface area contributed by atoms with Gasteiger partial charge in [-0.15, -0.1) is 0 Å². The van der Waals surface area contributed by atoms with Crippen molar-refractivity contribution in [3.63, 3.8) is 0 Å². The fourth-order valence-electron chi connectivity index (χ4n) is 1.28. The molecule has 1 aromatic rings. The van der Waals surface area contributed by atoms with E-state index < -0.39 is 18.2 Å². The number of aliphatic hydroxyl groups excluding tert-OH is 1.